The number of urea groups is 1. The van der Waals surface area contributed by atoms with Crippen LogP contribution in [0.1, 0.15) is 18.1 Å². The van der Waals surface area contributed by atoms with Gasteiger partial charge in [0.1, 0.15) is 0 Å². The Bertz CT molecular complexity index is 804. The van der Waals surface area contributed by atoms with E-state index < -0.39 is 10.8 Å². The summed E-state index contributed by atoms with van der Waals surface area (Å²) in [6.45, 7) is 1.90. The van der Waals surface area contributed by atoms with E-state index in [9.17, 15) is 9.00 Å². The van der Waals surface area contributed by atoms with Crippen molar-refractivity contribution in [2.24, 2.45) is 0 Å². The second-order valence-corrected chi connectivity index (χ2v) is 7.82. The Morgan fingerprint density at radius 1 is 1.21 bits per heavy atom. The fourth-order valence-electron chi connectivity index (χ4n) is 3.09. The highest BCUT2D eigenvalue weighted by atomic mass is 32.2. The van der Waals surface area contributed by atoms with Gasteiger partial charge in [0, 0.05) is 41.6 Å². The van der Waals surface area contributed by atoms with E-state index in [-0.39, 0.29) is 12.1 Å². The highest BCUT2D eigenvalue weighted by Gasteiger charge is 2.20. The number of benzene rings is 2. The molecule has 1 aliphatic carbocycles. The highest BCUT2D eigenvalue weighted by molar-refractivity contribution is 7.84. The molecule has 0 saturated carbocycles. The van der Waals surface area contributed by atoms with Crippen LogP contribution in [-0.4, -0.2) is 40.2 Å². The summed E-state index contributed by atoms with van der Waals surface area (Å²) in [4.78, 5) is 14.0. The second-order valence-electron chi connectivity index (χ2n) is 6.34. The van der Waals surface area contributed by atoms with Crippen LogP contribution in [0.3, 0.4) is 0 Å². The first-order valence-corrected chi connectivity index (χ1v) is 9.73. The van der Waals surface area contributed by atoms with Gasteiger partial charge < -0.3 is 10.2 Å². The van der Waals surface area contributed by atoms with Crippen molar-refractivity contribution in [3.8, 4) is 11.1 Å². The Labute approximate surface area is 145 Å². The molecule has 126 valence electrons. The lowest BCUT2D eigenvalue weighted by Crippen LogP contribution is -2.40. The van der Waals surface area contributed by atoms with Crippen LogP contribution in [0.25, 0.3) is 11.1 Å². The Kier molecular flexibility index (Phi) is 4.71. The number of anilines is 1. The summed E-state index contributed by atoms with van der Waals surface area (Å²) in [5, 5.41) is 2.94. The molecule has 2 aromatic carbocycles. The van der Waals surface area contributed by atoms with Crippen molar-refractivity contribution in [1.29, 1.82) is 0 Å². The molecule has 0 radical (unpaired) electrons. The maximum absolute atomic E-state index is 12.4. The van der Waals surface area contributed by atoms with E-state index in [1.807, 2.05) is 19.1 Å². The van der Waals surface area contributed by atoms with Gasteiger partial charge in [-0.1, -0.05) is 30.3 Å². The van der Waals surface area contributed by atoms with E-state index in [0.29, 0.717) is 5.75 Å². The highest BCUT2D eigenvalue weighted by Crippen LogP contribution is 2.37. The van der Waals surface area contributed by atoms with Crippen molar-refractivity contribution >= 4 is 22.5 Å². The van der Waals surface area contributed by atoms with Crippen LogP contribution >= 0.6 is 0 Å². The number of hydrogen-bond acceptors (Lipinski definition) is 2. The summed E-state index contributed by atoms with van der Waals surface area (Å²) in [6, 6.07) is 14.2. The maximum Gasteiger partial charge on any atom is 0.321 e. The molecule has 0 spiro atoms. The monoisotopic (exact) mass is 342 g/mol. The Balaban J connectivity index is 1.72. The fraction of sp³-hybridized carbons (Fsp3) is 0.316. The predicted molar refractivity (Wildman–Crippen MR) is 99.9 cm³/mol. The van der Waals surface area contributed by atoms with Gasteiger partial charge >= 0.3 is 6.03 Å². The molecule has 1 N–H and O–H groups in total. The van der Waals surface area contributed by atoms with Crippen LogP contribution in [0, 0.1) is 0 Å². The van der Waals surface area contributed by atoms with E-state index in [1.165, 1.54) is 22.3 Å². The van der Waals surface area contributed by atoms with Gasteiger partial charge in [-0.15, -0.1) is 0 Å². The SMILES string of the molecule is CC(CS(C)=O)N(C)C(=O)Nc1ccc2c(c1)Cc1ccccc1-2. The van der Waals surface area contributed by atoms with Crippen LogP contribution in [0.15, 0.2) is 42.5 Å². The molecular formula is C19H22N2O2S. The van der Waals surface area contributed by atoms with E-state index in [2.05, 4.69) is 35.6 Å². The van der Waals surface area contributed by atoms with Gasteiger partial charge in [-0.2, -0.15) is 0 Å². The lowest BCUT2D eigenvalue weighted by molar-refractivity contribution is 0.212. The molecule has 0 heterocycles. The summed E-state index contributed by atoms with van der Waals surface area (Å²) in [7, 11) is 0.809. The number of amides is 2. The van der Waals surface area contributed by atoms with Crippen LogP contribution in [0.4, 0.5) is 10.5 Å². The van der Waals surface area contributed by atoms with Gasteiger partial charge in [-0.3, -0.25) is 4.21 Å². The molecule has 3 rings (SSSR count). The van der Waals surface area contributed by atoms with E-state index >= 15 is 0 Å². The summed E-state index contributed by atoms with van der Waals surface area (Å²) < 4.78 is 11.3. The zero-order valence-electron chi connectivity index (χ0n) is 14.2. The van der Waals surface area contributed by atoms with Gasteiger partial charge in [0.05, 0.1) is 0 Å². The van der Waals surface area contributed by atoms with Crippen LogP contribution < -0.4 is 5.32 Å². The molecule has 2 atom stereocenters. The van der Waals surface area contributed by atoms with Crippen LogP contribution in [0.5, 0.6) is 0 Å². The van der Waals surface area contributed by atoms with Crippen molar-refractivity contribution < 1.29 is 9.00 Å². The molecule has 0 saturated heterocycles. The second kappa shape index (κ2) is 6.77. The molecule has 1 aliphatic rings. The van der Waals surface area contributed by atoms with Crippen molar-refractivity contribution in [1.82, 2.24) is 4.90 Å². The van der Waals surface area contributed by atoms with E-state index in [1.54, 1.807) is 18.2 Å². The molecule has 2 aromatic rings. The lowest BCUT2D eigenvalue weighted by Gasteiger charge is -2.24. The van der Waals surface area contributed by atoms with Gasteiger partial charge in [-0.05, 0) is 47.7 Å². The predicted octanol–water partition coefficient (Wildman–Crippen LogP) is 3.49. The Hall–Kier alpha value is -2.14. The zero-order valence-corrected chi connectivity index (χ0v) is 15.0. The molecular weight excluding hydrogens is 320 g/mol. The first-order chi connectivity index (χ1) is 11.5. The Morgan fingerprint density at radius 3 is 2.67 bits per heavy atom. The number of rotatable bonds is 4. The smallest absolute Gasteiger partial charge is 0.321 e. The van der Waals surface area contributed by atoms with Gasteiger partial charge in [0.25, 0.3) is 0 Å². The van der Waals surface area contributed by atoms with Crippen LogP contribution in [-0.2, 0) is 17.2 Å². The minimum Gasteiger partial charge on any atom is -0.324 e. The van der Waals surface area contributed by atoms with E-state index in [4.69, 9.17) is 0 Å². The van der Waals surface area contributed by atoms with Gasteiger partial charge in [-0.25, -0.2) is 4.79 Å². The minimum atomic E-state index is -0.924. The largest absolute Gasteiger partial charge is 0.324 e. The van der Waals surface area contributed by atoms with Crippen molar-refractivity contribution in [3.05, 3.63) is 53.6 Å². The van der Waals surface area contributed by atoms with Gasteiger partial charge in [0.2, 0.25) is 0 Å². The molecule has 5 heteroatoms. The molecule has 2 unspecified atom stereocenters. The number of hydrogen-bond donors (Lipinski definition) is 1. The molecule has 0 fully saturated rings. The first kappa shape index (κ1) is 16.7. The summed E-state index contributed by atoms with van der Waals surface area (Å²) in [5.41, 5.74) is 5.88. The quantitative estimate of drug-likeness (QED) is 0.789. The number of nitrogens with one attached hydrogen (secondary N) is 1. The topological polar surface area (TPSA) is 49.4 Å². The number of nitrogens with zero attached hydrogens (tertiary/aromatic N) is 1. The number of carbonyl (C=O) groups is 1. The fourth-order valence-corrected chi connectivity index (χ4v) is 3.99. The number of fused-ring (bicyclic) bond motifs is 3. The molecule has 2 amide bonds. The van der Waals surface area contributed by atoms with Crippen molar-refractivity contribution in [3.63, 3.8) is 0 Å². The normalized spacial score (nSPS) is 14.5. The van der Waals surface area contributed by atoms with E-state index in [0.717, 1.165) is 12.1 Å². The van der Waals surface area contributed by atoms with Crippen molar-refractivity contribution in [2.75, 3.05) is 24.4 Å². The van der Waals surface area contributed by atoms with Gasteiger partial charge in [0.15, 0.2) is 0 Å². The average Bonchev–Trinajstić information content (AvgIpc) is 2.91. The van der Waals surface area contributed by atoms with Crippen molar-refractivity contribution in [2.45, 2.75) is 19.4 Å². The van der Waals surface area contributed by atoms with Crippen LogP contribution in [0.2, 0.25) is 0 Å². The zero-order chi connectivity index (χ0) is 17.3. The average molecular weight is 342 g/mol. The third kappa shape index (κ3) is 3.36. The molecule has 0 bridgehead atoms. The minimum absolute atomic E-state index is 0.0745. The Morgan fingerprint density at radius 2 is 1.92 bits per heavy atom. The molecule has 24 heavy (non-hydrogen) atoms. The summed E-state index contributed by atoms with van der Waals surface area (Å²) in [6.07, 6.45) is 2.55. The molecule has 0 aromatic heterocycles. The third-order valence-electron chi connectivity index (χ3n) is 4.50. The number of carbonyl (C=O) groups excluding carboxylic acids is 1. The standard InChI is InChI=1S/C19H22N2O2S/c1-13(12-24(3)23)21(2)19(22)20-16-8-9-18-15(11-16)10-14-6-4-5-7-17(14)18/h4-9,11,13H,10,12H2,1-3H3,(H,20,22). The third-order valence-corrected chi connectivity index (χ3v) is 5.45. The first-order valence-electron chi connectivity index (χ1n) is 8.00. The molecule has 0 aliphatic heterocycles. The summed E-state index contributed by atoms with van der Waals surface area (Å²) in [5.74, 6) is 0.476. The maximum atomic E-state index is 12.4. The molecule has 4 nitrogen and oxygen atoms in total. The summed E-state index contributed by atoms with van der Waals surface area (Å²) >= 11 is 0. The lowest BCUT2D eigenvalue weighted by atomic mass is 10.1.